The lowest BCUT2D eigenvalue weighted by molar-refractivity contribution is -0.124. The maximum atomic E-state index is 14.0. The zero-order valence-electron chi connectivity index (χ0n) is 21.0. The monoisotopic (exact) mass is 561 g/mol. The van der Waals surface area contributed by atoms with Crippen molar-refractivity contribution in [3.05, 3.63) is 87.3 Å². The number of benzene rings is 3. The summed E-state index contributed by atoms with van der Waals surface area (Å²) in [7, 11) is 0. The van der Waals surface area contributed by atoms with Crippen LogP contribution >= 0.6 is 22.9 Å². The van der Waals surface area contributed by atoms with E-state index >= 15 is 0 Å². The van der Waals surface area contributed by atoms with Crippen LogP contribution in [0.15, 0.2) is 60.7 Å². The standard InChI is InChI=1S/C29H28ClN5O3S/c30-19-13-15(8-11-21(19)38-17-6-2-1-3-7-17)29(33)18-9-10-20(31)25-22(18)23(24(32)27(29)36)26(39-25)28(37)35-16-5-4-12-34-14-16/h1-3,6-11,13,16,24,34H,4-5,12,14,31-33H2,(H,35,37). The molecule has 6 rings (SSSR count). The van der Waals surface area contributed by atoms with Crippen molar-refractivity contribution in [2.24, 2.45) is 11.5 Å². The molecular formula is C29H28ClN5O3S. The Morgan fingerprint density at radius 2 is 1.95 bits per heavy atom. The fourth-order valence-electron chi connectivity index (χ4n) is 5.52. The molecule has 4 aromatic rings. The molecule has 3 atom stereocenters. The minimum atomic E-state index is -1.60. The van der Waals surface area contributed by atoms with E-state index in [4.69, 9.17) is 33.5 Å². The Balaban J connectivity index is 1.44. The highest BCUT2D eigenvalue weighted by molar-refractivity contribution is 7.21. The van der Waals surface area contributed by atoms with E-state index in [1.165, 1.54) is 11.3 Å². The third-order valence-corrected chi connectivity index (χ3v) is 9.06. The van der Waals surface area contributed by atoms with E-state index in [0.29, 0.717) is 60.4 Å². The number of nitrogen functional groups attached to an aromatic ring is 1. The lowest BCUT2D eigenvalue weighted by Gasteiger charge is -2.36. The van der Waals surface area contributed by atoms with Crippen molar-refractivity contribution in [2.75, 3.05) is 18.8 Å². The zero-order valence-corrected chi connectivity index (χ0v) is 22.6. The molecule has 3 aromatic carbocycles. The first-order valence-corrected chi connectivity index (χ1v) is 14.0. The third kappa shape index (κ3) is 4.27. The van der Waals surface area contributed by atoms with Crippen molar-refractivity contribution in [1.82, 2.24) is 10.6 Å². The van der Waals surface area contributed by atoms with E-state index in [9.17, 15) is 9.59 Å². The third-order valence-electron chi connectivity index (χ3n) is 7.51. The smallest absolute Gasteiger partial charge is 0.262 e. The van der Waals surface area contributed by atoms with Gasteiger partial charge in [-0.25, -0.2) is 0 Å². The van der Waals surface area contributed by atoms with E-state index in [2.05, 4.69) is 10.6 Å². The highest BCUT2D eigenvalue weighted by Gasteiger charge is 2.49. The molecule has 1 aliphatic carbocycles. The van der Waals surface area contributed by atoms with E-state index in [0.717, 1.165) is 19.4 Å². The molecule has 3 unspecified atom stereocenters. The maximum Gasteiger partial charge on any atom is 0.262 e. The number of amides is 1. The van der Waals surface area contributed by atoms with Crippen LogP contribution in [-0.2, 0) is 10.3 Å². The SMILES string of the molecule is Nc1ccc2c3c(c(C(=O)NC4CCCNC4)sc13)C(N)C(=O)C2(N)c1ccc(Oc2ccccc2)c(Cl)c1. The molecule has 2 heterocycles. The van der Waals surface area contributed by atoms with Gasteiger partial charge in [0.25, 0.3) is 5.91 Å². The second kappa shape index (κ2) is 9.93. The van der Waals surface area contributed by atoms with Gasteiger partial charge in [0, 0.05) is 29.2 Å². The van der Waals surface area contributed by atoms with Crippen molar-refractivity contribution in [1.29, 1.82) is 0 Å². The van der Waals surface area contributed by atoms with Crippen molar-refractivity contribution in [3.8, 4) is 11.5 Å². The number of nitrogens with one attached hydrogen (secondary N) is 2. The van der Waals surface area contributed by atoms with Crippen LogP contribution in [0.1, 0.15) is 45.2 Å². The van der Waals surface area contributed by atoms with Gasteiger partial charge in [0.1, 0.15) is 17.0 Å². The molecule has 0 radical (unpaired) electrons. The molecule has 0 bridgehead atoms. The van der Waals surface area contributed by atoms with Gasteiger partial charge in [0.2, 0.25) is 0 Å². The fourth-order valence-corrected chi connectivity index (χ4v) is 6.94. The van der Waals surface area contributed by atoms with Crippen molar-refractivity contribution >= 4 is 50.4 Å². The van der Waals surface area contributed by atoms with Crippen LogP contribution in [0.4, 0.5) is 5.69 Å². The molecular weight excluding hydrogens is 534 g/mol. The topological polar surface area (TPSA) is 145 Å². The lowest BCUT2D eigenvalue weighted by atomic mass is 9.70. The number of carbonyl (C=O) groups is 2. The Kier molecular flexibility index (Phi) is 6.57. The van der Waals surface area contributed by atoms with E-state index in [1.807, 2.05) is 30.3 Å². The highest BCUT2D eigenvalue weighted by Crippen LogP contribution is 2.50. The Labute approximate surface area is 234 Å². The van der Waals surface area contributed by atoms with E-state index in [1.54, 1.807) is 30.3 Å². The van der Waals surface area contributed by atoms with Crippen molar-refractivity contribution in [3.63, 3.8) is 0 Å². The highest BCUT2D eigenvalue weighted by atomic mass is 35.5. The van der Waals surface area contributed by atoms with Gasteiger partial charge < -0.3 is 32.6 Å². The summed E-state index contributed by atoms with van der Waals surface area (Å²) in [6, 6.07) is 16.6. The Bertz CT molecular complexity index is 1600. The molecule has 8 N–H and O–H groups in total. The molecule has 10 heteroatoms. The van der Waals surface area contributed by atoms with Crippen LogP contribution in [0, 0.1) is 0 Å². The summed E-state index contributed by atoms with van der Waals surface area (Å²) in [5, 5.41) is 7.34. The molecule has 39 heavy (non-hydrogen) atoms. The predicted molar refractivity (Wildman–Crippen MR) is 154 cm³/mol. The quantitative estimate of drug-likeness (QED) is 0.230. The average Bonchev–Trinajstić information content (AvgIpc) is 3.35. The molecule has 2 aliphatic rings. The van der Waals surface area contributed by atoms with Crippen LogP contribution < -0.4 is 32.6 Å². The Morgan fingerprint density at radius 1 is 1.15 bits per heavy atom. The zero-order chi connectivity index (χ0) is 27.3. The van der Waals surface area contributed by atoms with Gasteiger partial charge in [-0.15, -0.1) is 11.3 Å². The summed E-state index contributed by atoms with van der Waals surface area (Å²) in [6.07, 6.45) is 1.86. The van der Waals surface area contributed by atoms with Gasteiger partial charge in [-0.2, -0.15) is 0 Å². The summed E-state index contributed by atoms with van der Waals surface area (Å²) in [6.45, 7) is 1.63. The number of para-hydroxylation sites is 1. The number of halogens is 1. The van der Waals surface area contributed by atoms with Gasteiger partial charge >= 0.3 is 0 Å². The van der Waals surface area contributed by atoms with Crippen LogP contribution in [0.5, 0.6) is 11.5 Å². The second-order valence-corrected chi connectivity index (χ2v) is 11.4. The van der Waals surface area contributed by atoms with Gasteiger partial charge in [0.05, 0.1) is 20.6 Å². The fraction of sp³-hybridized carbons (Fsp3) is 0.241. The average molecular weight is 562 g/mol. The summed E-state index contributed by atoms with van der Waals surface area (Å²) in [5.41, 5.74) is 20.3. The molecule has 1 fully saturated rings. The van der Waals surface area contributed by atoms with Gasteiger partial charge in [-0.05, 0) is 60.8 Å². The number of carbonyl (C=O) groups excluding carboxylic acids is 2. The second-order valence-electron chi connectivity index (χ2n) is 9.98. The number of ether oxygens (including phenoxy) is 1. The molecule has 200 valence electrons. The van der Waals surface area contributed by atoms with Crippen molar-refractivity contribution in [2.45, 2.75) is 30.5 Å². The lowest BCUT2D eigenvalue weighted by Crippen LogP contribution is -2.52. The number of hydrogen-bond donors (Lipinski definition) is 5. The summed E-state index contributed by atoms with van der Waals surface area (Å²) in [5.74, 6) is 0.366. The Morgan fingerprint density at radius 3 is 2.67 bits per heavy atom. The summed E-state index contributed by atoms with van der Waals surface area (Å²) < 4.78 is 6.59. The van der Waals surface area contributed by atoms with E-state index < -0.39 is 17.4 Å². The van der Waals surface area contributed by atoms with Gasteiger partial charge in [-0.3, -0.25) is 9.59 Å². The largest absolute Gasteiger partial charge is 0.456 e. The molecule has 8 nitrogen and oxygen atoms in total. The van der Waals surface area contributed by atoms with Crippen molar-refractivity contribution < 1.29 is 14.3 Å². The molecule has 1 aromatic heterocycles. The predicted octanol–water partition coefficient (Wildman–Crippen LogP) is 4.20. The van der Waals surface area contributed by atoms with Gasteiger partial charge in [0.15, 0.2) is 5.78 Å². The number of piperidine rings is 1. The van der Waals surface area contributed by atoms with Crippen LogP contribution in [0.25, 0.3) is 10.1 Å². The Hall–Kier alpha value is -3.47. The molecule has 1 aliphatic heterocycles. The normalized spacial score (nSPS) is 22.6. The minimum Gasteiger partial charge on any atom is -0.456 e. The van der Waals surface area contributed by atoms with Crippen LogP contribution in [-0.4, -0.2) is 30.8 Å². The molecule has 0 spiro atoms. The first-order valence-electron chi connectivity index (χ1n) is 12.8. The number of hydrogen-bond acceptors (Lipinski definition) is 8. The minimum absolute atomic E-state index is 0.00311. The number of thiophene rings is 1. The number of nitrogens with two attached hydrogens (primary N) is 3. The number of ketones is 1. The summed E-state index contributed by atoms with van der Waals surface area (Å²) >= 11 is 7.86. The first kappa shape index (κ1) is 25.8. The number of anilines is 1. The number of Topliss-reactive ketones (excluding diaryl/α,β-unsaturated/α-hetero) is 1. The summed E-state index contributed by atoms with van der Waals surface area (Å²) in [4.78, 5) is 27.8. The molecule has 1 amide bonds. The maximum absolute atomic E-state index is 14.0. The first-order chi connectivity index (χ1) is 18.8. The van der Waals surface area contributed by atoms with Crippen LogP contribution in [0.3, 0.4) is 0 Å². The number of rotatable bonds is 5. The molecule has 1 saturated heterocycles. The van der Waals surface area contributed by atoms with E-state index in [-0.39, 0.29) is 11.9 Å². The molecule has 0 saturated carbocycles. The van der Waals surface area contributed by atoms with Crippen LogP contribution in [0.2, 0.25) is 5.02 Å². The van der Waals surface area contributed by atoms with Gasteiger partial charge in [-0.1, -0.05) is 41.9 Å².